The maximum absolute atomic E-state index is 6.53. The molecule has 1 radical (unpaired) electrons. The van der Waals surface area contributed by atoms with Crippen molar-refractivity contribution in [2.45, 2.75) is 96.8 Å². The molecule has 0 aromatic heterocycles. The Labute approximate surface area is 201 Å². The Morgan fingerprint density at radius 1 is 0.812 bits per heavy atom. The van der Waals surface area contributed by atoms with Crippen LogP contribution in [-0.4, -0.2) is 6.61 Å². The molecular weight excluding hydrogens is 412 g/mol. The number of ether oxygens (including phenoxy) is 1. The highest BCUT2D eigenvalue weighted by atomic mass is 35.5. The molecule has 2 aromatic rings. The van der Waals surface area contributed by atoms with Gasteiger partial charge in [-0.3, -0.25) is 0 Å². The van der Waals surface area contributed by atoms with Crippen LogP contribution in [0.3, 0.4) is 0 Å². The van der Waals surface area contributed by atoms with Crippen molar-refractivity contribution in [2.24, 2.45) is 5.92 Å². The second-order valence-electron chi connectivity index (χ2n) is 9.51. The predicted molar refractivity (Wildman–Crippen MR) is 140 cm³/mol. The Morgan fingerprint density at radius 3 is 2.16 bits per heavy atom. The first kappa shape index (κ1) is 25.2. The van der Waals surface area contributed by atoms with Crippen LogP contribution in [0.15, 0.2) is 42.5 Å². The second-order valence-corrected chi connectivity index (χ2v) is 9.92. The van der Waals surface area contributed by atoms with Gasteiger partial charge in [0.1, 0.15) is 5.75 Å². The number of halogens is 1. The molecule has 0 N–H and O–H groups in total. The molecule has 1 saturated carbocycles. The lowest BCUT2D eigenvalue weighted by Crippen LogP contribution is -2.07. The number of benzene rings is 2. The average molecular weight is 454 g/mol. The first-order chi connectivity index (χ1) is 15.8. The Morgan fingerprint density at radius 2 is 1.47 bits per heavy atom. The summed E-state index contributed by atoms with van der Waals surface area (Å²) < 4.78 is 5.95. The molecule has 1 nitrogen and oxygen atoms in total. The van der Waals surface area contributed by atoms with Gasteiger partial charge in [0.05, 0.1) is 11.6 Å². The lowest BCUT2D eigenvalue weighted by atomic mass is 9.85. The molecule has 1 aliphatic carbocycles. The van der Waals surface area contributed by atoms with Gasteiger partial charge in [-0.1, -0.05) is 107 Å². The van der Waals surface area contributed by atoms with Crippen LogP contribution >= 0.6 is 11.6 Å². The van der Waals surface area contributed by atoms with Crippen LogP contribution in [0.5, 0.6) is 5.75 Å². The van der Waals surface area contributed by atoms with Gasteiger partial charge in [0, 0.05) is 0 Å². The van der Waals surface area contributed by atoms with Crippen molar-refractivity contribution in [1.82, 2.24) is 0 Å². The molecule has 175 valence electrons. The minimum atomic E-state index is 0.709. The zero-order chi connectivity index (χ0) is 22.4. The molecule has 0 heterocycles. The quantitative estimate of drug-likeness (QED) is 0.258. The lowest BCUT2D eigenvalue weighted by molar-refractivity contribution is 0.304. The third-order valence-corrected chi connectivity index (χ3v) is 7.17. The molecule has 2 aromatic carbocycles. The van der Waals surface area contributed by atoms with E-state index in [2.05, 4.69) is 43.7 Å². The smallest absolute Gasteiger partial charge is 0.137 e. The van der Waals surface area contributed by atoms with Gasteiger partial charge < -0.3 is 4.74 Å². The number of unbranched alkanes of at least 4 members (excludes halogenated alkanes) is 7. The molecule has 0 atom stereocenters. The van der Waals surface area contributed by atoms with E-state index in [1.54, 1.807) is 0 Å². The third kappa shape index (κ3) is 8.81. The summed E-state index contributed by atoms with van der Waals surface area (Å²) in [5.74, 6) is 1.72. The first-order valence-electron chi connectivity index (χ1n) is 13.1. The SMILES string of the molecule is CCCCCCCCCCOc1ccc(-c2ccc(CCC3CC[CH]CC3)cc2)cc1Cl. The van der Waals surface area contributed by atoms with E-state index in [4.69, 9.17) is 16.3 Å². The van der Waals surface area contributed by atoms with Gasteiger partial charge in [-0.15, -0.1) is 0 Å². The first-order valence-corrected chi connectivity index (χ1v) is 13.5. The molecule has 32 heavy (non-hydrogen) atoms. The van der Waals surface area contributed by atoms with Crippen molar-refractivity contribution >= 4 is 11.6 Å². The van der Waals surface area contributed by atoms with Crippen molar-refractivity contribution in [3.63, 3.8) is 0 Å². The van der Waals surface area contributed by atoms with E-state index in [0.717, 1.165) is 30.3 Å². The fraction of sp³-hybridized carbons (Fsp3) is 0.567. The fourth-order valence-corrected chi connectivity index (χ4v) is 4.97. The molecule has 0 spiro atoms. The van der Waals surface area contributed by atoms with Gasteiger partial charge >= 0.3 is 0 Å². The zero-order valence-corrected chi connectivity index (χ0v) is 20.8. The molecule has 0 saturated heterocycles. The van der Waals surface area contributed by atoms with Crippen molar-refractivity contribution in [2.75, 3.05) is 6.61 Å². The Kier molecular flexibility index (Phi) is 11.5. The van der Waals surface area contributed by atoms with Crippen LogP contribution in [-0.2, 0) is 6.42 Å². The Bertz CT molecular complexity index is 761. The van der Waals surface area contributed by atoms with Gasteiger partial charge in [0.2, 0.25) is 0 Å². The third-order valence-electron chi connectivity index (χ3n) is 6.87. The summed E-state index contributed by atoms with van der Waals surface area (Å²) in [6.07, 6.45) is 20.8. The molecule has 2 heteroatoms. The van der Waals surface area contributed by atoms with Crippen molar-refractivity contribution in [1.29, 1.82) is 0 Å². The Hall–Kier alpha value is -1.47. The minimum Gasteiger partial charge on any atom is -0.492 e. The van der Waals surface area contributed by atoms with E-state index in [1.807, 2.05) is 12.1 Å². The van der Waals surface area contributed by atoms with E-state index in [1.165, 1.54) is 94.6 Å². The van der Waals surface area contributed by atoms with Crippen LogP contribution in [0.25, 0.3) is 11.1 Å². The van der Waals surface area contributed by atoms with E-state index >= 15 is 0 Å². The fourth-order valence-electron chi connectivity index (χ4n) is 4.73. The number of aryl methyl sites for hydroxylation is 1. The summed E-state index contributed by atoms with van der Waals surface area (Å²) in [5, 5.41) is 0.709. The average Bonchev–Trinajstić information content (AvgIpc) is 2.83. The van der Waals surface area contributed by atoms with Gasteiger partial charge in [0.15, 0.2) is 0 Å². The summed E-state index contributed by atoms with van der Waals surface area (Å²) in [5.41, 5.74) is 3.82. The molecule has 0 aliphatic heterocycles. The van der Waals surface area contributed by atoms with Gasteiger partial charge in [-0.2, -0.15) is 0 Å². The van der Waals surface area contributed by atoms with Gasteiger partial charge in [0.25, 0.3) is 0 Å². The molecule has 1 fully saturated rings. The molecule has 0 amide bonds. The second kappa shape index (κ2) is 14.6. The van der Waals surface area contributed by atoms with E-state index in [0.29, 0.717) is 5.02 Å². The van der Waals surface area contributed by atoms with Crippen LogP contribution in [0.2, 0.25) is 5.02 Å². The Balaban J connectivity index is 1.39. The summed E-state index contributed by atoms with van der Waals surface area (Å²) in [4.78, 5) is 0. The van der Waals surface area contributed by atoms with E-state index in [9.17, 15) is 0 Å². The van der Waals surface area contributed by atoms with Crippen LogP contribution < -0.4 is 4.74 Å². The topological polar surface area (TPSA) is 9.23 Å². The number of rotatable bonds is 14. The zero-order valence-electron chi connectivity index (χ0n) is 20.1. The molecule has 3 rings (SSSR count). The number of hydrogen-bond acceptors (Lipinski definition) is 1. The van der Waals surface area contributed by atoms with Crippen LogP contribution in [0.4, 0.5) is 0 Å². The highest BCUT2D eigenvalue weighted by Gasteiger charge is 2.13. The maximum Gasteiger partial charge on any atom is 0.137 e. The normalized spacial score (nSPS) is 14.6. The van der Waals surface area contributed by atoms with Crippen molar-refractivity contribution in [3.05, 3.63) is 59.5 Å². The molecule has 0 bridgehead atoms. The monoisotopic (exact) mass is 453 g/mol. The highest BCUT2D eigenvalue weighted by molar-refractivity contribution is 6.32. The molecule has 1 aliphatic rings. The summed E-state index contributed by atoms with van der Waals surface area (Å²) >= 11 is 6.53. The van der Waals surface area contributed by atoms with E-state index in [-0.39, 0.29) is 0 Å². The molecular formula is C30H42ClO. The largest absolute Gasteiger partial charge is 0.492 e. The molecule has 0 unspecified atom stereocenters. The van der Waals surface area contributed by atoms with Gasteiger partial charge in [-0.25, -0.2) is 0 Å². The van der Waals surface area contributed by atoms with Crippen molar-refractivity contribution in [3.8, 4) is 16.9 Å². The standard InChI is InChI=1S/C30H42ClO/c1-2-3-4-5-6-7-8-12-23-32-30-22-21-28(24-29(30)31)27-19-17-26(18-20-27)16-15-25-13-10-9-11-14-25/h9,17-22,24-25H,2-8,10-16,23H2,1H3. The lowest BCUT2D eigenvalue weighted by Gasteiger charge is -2.21. The van der Waals surface area contributed by atoms with Crippen LogP contribution in [0, 0.1) is 12.3 Å². The van der Waals surface area contributed by atoms with Crippen LogP contribution in [0.1, 0.15) is 96.0 Å². The number of hydrogen-bond donors (Lipinski definition) is 0. The van der Waals surface area contributed by atoms with E-state index < -0.39 is 0 Å². The summed E-state index contributed by atoms with van der Waals surface area (Å²) in [7, 11) is 0. The summed E-state index contributed by atoms with van der Waals surface area (Å²) in [6, 6.07) is 15.2. The predicted octanol–water partition coefficient (Wildman–Crippen LogP) is 9.85. The minimum absolute atomic E-state index is 0.709. The van der Waals surface area contributed by atoms with Gasteiger partial charge in [-0.05, 0) is 73.3 Å². The van der Waals surface area contributed by atoms with Crippen molar-refractivity contribution < 1.29 is 4.74 Å². The summed E-state index contributed by atoms with van der Waals surface area (Å²) in [6.45, 7) is 3.02. The highest BCUT2D eigenvalue weighted by Crippen LogP contribution is 2.31. The maximum atomic E-state index is 6.53.